The van der Waals surface area contributed by atoms with Gasteiger partial charge in [0.2, 0.25) is 0 Å². The molecule has 0 saturated carbocycles. The molecule has 2 amide bonds. The lowest BCUT2D eigenvalue weighted by Gasteiger charge is -2.26. The average Bonchev–Trinajstić information content (AvgIpc) is 3.38. The van der Waals surface area contributed by atoms with Gasteiger partial charge in [0.05, 0.1) is 23.9 Å². The molecule has 142 valence electrons. The van der Waals surface area contributed by atoms with E-state index in [1.807, 2.05) is 0 Å². The van der Waals surface area contributed by atoms with Crippen molar-refractivity contribution in [3.8, 4) is 6.07 Å². The summed E-state index contributed by atoms with van der Waals surface area (Å²) in [6.45, 7) is 0.847. The van der Waals surface area contributed by atoms with Crippen LogP contribution in [0.4, 0.5) is 5.00 Å². The maximum atomic E-state index is 12.6. The third kappa shape index (κ3) is 3.34. The van der Waals surface area contributed by atoms with Gasteiger partial charge in [-0.05, 0) is 40.0 Å². The third-order valence-electron chi connectivity index (χ3n) is 4.43. The number of aryl methyl sites for hydroxylation is 1. The highest BCUT2D eigenvalue weighted by atomic mass is 79.9. The minimum Gasteiger partial charge on any atom is -0.444 e. The lowest BCUT2D eigenvalue weighted by molar-refractivity contribution is 0.0703. The number of amides is 2. The fraction of sp³-hybridized carbons (Fsp3) is 0.222. The number of hydrogen-bond donors (Lipinski definition) is 1. The molecule has 8 nitrogen and oxygen atoms in total. The number of rotatable bonds is 3. The molecule has 0 aromatic carbocycles. The Morgan fingerprint density at radius 1 is 1.43 bits per heavy atom. The molecule has 1 aliphatic heterocycles. The fourth-order valence-electron chi connectivity index (χ4n) is 3.08. The molecule has 10 heteroatoms. The summed E-state index contributed by atoms with van der Waals surface area (Å²) in [7, 11) is 1.73. The normalized spacial score (nSPS) is 13.1. The predicted molar refractivity (Wildman–Crippen MR) is 105 cm³/mol. The van der Waals surface area contributed by atoms with Crippen molar-refractivity contribution in [2.75, 3.05) is 11.9 Å². The summed E-state index contributed by atoms with van der Waals surface area (Å²) < 4.78 is 7.39. The van der Waals surface area contributed by atoms with E-state index in [0.717, 1.165) is 10.4 Å². The second kappa shape index (κ2) is 7.26. The van der Waals surface area contributed by atoms with Crippen LogP contribution < -0.4 is 5.32 Å². The fourth-order valence-corrected chi connectivity index (χ4v) is 4.60. The molecule has 3 aromatic heterocycles. The first-order chi connectivity index (χ1) is 13.5. The largest absolute Gasteiger partial charge is 0.444 e. The third-order valence-corrected chi connectivity index (χ3v) is 5.99. The van der Waals surface area contributed by atoms with Gasteiger partial charge in [-0.1, -0.05) is 0 Å². The molecule has 0 radical (unpaired) electrons. The summed E-state index contributed by atoms with van der Waals surface area (Å²) in [5, 5.41) is 16.9. The summed E-state index contributed by atoms with van der Waals surface area (Å²) in [5.74, 6) is -0.265. The van der Waals surface area contributed by atoms with Gasteiger partial charge in [0.15, 0.2) is 10.4 Å². The van der Waals surface area contributed by atoms with Crippen LogP contribution in [0.25, 0.3) is 0 Å². The Morgan fingerprint density at radius 3 is 2.89 bits per heavy atom. The number of anilines is 1. The van der Waals surface area contributed by atoms with Gasteiger partial charge in [-0.25, -0.2) is 0 Å². The van der Waals surface area contributed by atoms with Crippen molar-refractivity contribution in [1.29, 1.82) is 5.26 Å². The highest BCUT2D eigenvalue weighted by Crippen LogP contribution is 2.37. The minimum absolute atomic E-state index is 0.204. The number of hydrogen-bond acceptors (Lipinski definition) is 6. The molecular formula is C18H14BrN5O3S. The zero-order chi connectivity index (χ0) is 19.8. The van der Waals surface area contributed by atoms with Crippen molar-refractivity contribution in [3.05, 3.63) is 56.5 Å². The molecule has 3 aromatic rings. The molecule has 4 heterocycles. The van der Waals surface area contributed by atoms with E-state index < -0.39 is 0 Å². The molecule has 0 saturated heterocycles. The Bertz CT molecular complexity index is 1120. The van der Waals surface area contributed by atoms with Gasteiger partial charge < -0.3 is 14.6 Å². The molecular weight excluding hydrogens is 446 g/mol. The van der Waals surface area contributed by atoms with Crippen molar-refractivity contribution in [3.63, 3.8) is 0 Å². The lowest BCUT2D eigenvalue weighted by Crippen LogP contribution is -2.35. The zero-order valence-electron chi connectivity index (χ0n) is 14.7. The number of carbonyl (C=O) groups is 2. The van der Waals surface area contributed by atoms with Crippen LogP contribution in [0, 0.1) is 11.3 Å². The van der Waals surface area contributed by atoms with Gasteiger partial charge in [-0.15, -0.1) is 11.3 Å². The van der Waals surface area contributed by atoms with Crippen LogP contribution in [0.2, 0.25) is 0 Å². The second-order valence-corrected chi connectivity index (χ2v) is 8.14. The second-order valence-electron chi connectivity index (χ2n) is 6.26. The number of nitriles is 1. The number of carbonyl (C=O) groups excluding carboxylic acids is 2. The first-order valence-corrected chi connectivity index (χ1v) is 9.96. The van der Waals surface area contributed by atoms with Gasteiger partial charge in [-0.3, -0.25) is 14.3 Å². The number of nitrogens with one attached hydrogen (secondary N) is 1. The highest BCUT2D eigenvalue weighted by Gasteiger charge is 2.29. The summed E-state index contributed by atoms with van der Waals surface area (Å²) in [4.78, 5) is 27.6. The maximum absolute atomic E-state index is 12.6. The molecule has 1 aliphatic rings. The van der Waals surface area contributed by atoms with E-state index in [1.54, 1.807) is 30.3 Å². The van der Waals surface area contributed by atoms with Crippen LogP contribution in [0.1, 0.15) is 36.9 Å². The van der Waals surface area contributed by atoms with E-state index >= 15 is 0 Å². The van der Waals surface area contributed by atoms with Crippen molar-refractivity contribution < 1.29 is 14.0 Å². The van der Waals surface area contributed by atoms with Gasteiger partial charge in [0.1, 0.15) is 11.1 Å². The van der Waals surface area contributed by atoms with E-state index in [4.69, 9.17) is 4.42 Å². The standard InChI is InChI=1S/C18H14BrN5O3S/c1-23-8-10(7-21-23)16(25)22-17-12(6-20)11-4-5-24(9-14(11)28-17)18(26)13-2-3-15(19)27-13/h2-3,7-8H,4-5,9H2,1H3,(H,22,25). The van der Waals surface area contributed by atoms with Crippen molar-refractivity contribution >= 4 is 44.1 Å². The number of furan rings is 1. The van der Waals surface area contributed by atoms with Gasteiger partial charge >= 0.3 is 0 Å². The van der Waals surface area contributed by atoms with Gasteiger partial charge in [0, 0.05) is 24.7 Å². The smallest absolute Gasteiger partial charge is 0.289 e. The number of thiophene rings is 1. The highest BCUT2D eigenvalue weighted by molar-refractivity contribution is 9.10. The van der Waals surface area contributed by atoms with Crippen molar-refractivity contribution in [2.24, 2.45) is 7.05 Å². The summed E-state index contributed by atoms with van der Waals surface area (Å²) >= 11 is 4.52. The summed E-state index contributed by atoms with van der Waals surface area (Å²) in [6.07, 6.45) is 3.62. The van der Waals surface area contributed by atoms with Crippen LogP contribution >= 0.6 is 27.3 Å². The molecule has 1 N–H and O–H groups in total. The summed E-state index contributed by atoms with van der Waals surface area (Å²) in [5.41, 5.74) is 1.77. The quantitative estimate of drug-likeness (QED) is 0.647. The Hall–Kier alpha value is -2.90. The number of nitrogens with zero attached hydrogens (tertiary/aromatic N) is 4. The van der Waals surface area contributed by atoms with E-state index in [-0.39, 0.29) is 17.6 Å². The number of fused-ring (bicyclic) bond motifs is 1. The molecule has 0 aliphatic carbocycles. The Labute approximate surface area is 172 Å². The van der Waals surface area contributed by atoms with Crippen molar-refractivity contribution in [2.45, 2.75) is 13.0 Å². The molecule has 0 bridgehead atoms. The van der Waals surface area contributed by atoms with Crippen LogP contribution in [0.3, 0.4) is 0 Å². The number of aromatic nitrogens is 2. The Morgan fingerprint density at radius 2 is 2.25 bits per heavy atom. The van der Waals surface area contributed by atoms with Crippen molar-refractivity contribution in [1.82, 2.24) is 14.7 Å². The van der Waals surface area contributed by atoms with E-state index in [1.165, 1.54) is 22.2 Å². The van der Waals surface area contributed by atoms with Crippen LogP contribution in [-0.4, -0.2) is 33.0 Å². The van der Waals surface area contributed by atoms with Gasteiger partial charge in [0.25, 0.3) is 11.8 Å². The molecule has 0 atom stereocenters. The summed E-state index contributed by atoms with van der Waals surface area (Å²) in [6, 6.07) is 5.49. The lowest BCUT2D eigenvalue weighted by atomic mass is 10.0. The molecule has 0 unspecified atom stereocenters. The van der Waals surface area contributed by atoms with Crippen LogP contribution in [0.5, 0.6) is 0 Å². The van der Waals surface area contributed by atoms with Crippen LogP contribution in [-0.2, 0) is 20.0 Å². The first-order valence-electron chi connectivity index (χ1n) is 8.35. The predicted octanol–water partition coefficient (Wildman–Crippen LogP) is 3.16. The first kappa shape index (κ1) is 18.5. The molecule has 0 fully saturated rings. The maximum Gasteiger partial charge on any atom is 0.289 e. The molecule has 4 rings (SSSR count). The SMILES string of the molecule is Cn1cc(C(=O)Nc2sc3c(c2C#N)CCN(C(=O)c2ccc(Br)o2)C3)cn1. The van der Waals surface area contributed by atoms with Gasteiger partial charge in [-0.2, -0.15) is 10.4 Å². The van der Waals surface area contributed by atoms with Crippen LogP contribution in [0.15, 0.2) is 33.6 Å². The molecule has 28 heavy (non-hydrogen) atoms. The van der Waals surface area contributed by atoms with E-state index in [2.05, 4.69) is 32.4 Å². The Balaban J connectivity index is 1.56. The average molecular weight is 460 g/mol. The van der Waals surface area contributed by atoms with E-state index in [0.29, 0.717) is 40.3 Å². The van der Waals surface area contributed by atoms with E-state index in [9.17, 15) is 14.9 Å². The zero-order valence-corrected chi connectivity index (χ0v) is 17.1. The monoisotopic (exact) mass is 459 g/mol. The Kier molecular flexibility index (Phi) is 4.78. The topological polar surface area (TPSA) is 104 Å². The molecule has 0 spiro atoms. The minimum atomic E-state index is -0.323. The number of halogens is 1.